The zero-order chi connectivity index (χ0) is 14.2. The van der Waals surface area contributed by atoms with E-state index in [9.17, 15) is 0 Å². The van der Waals surface area contributed by atoms with E-state index < -0.39 is 0 Å². The number of nitriles is 1. The van der Waals surface area contributed by atoms with Crippen LogP contribution >= 0.6 is 0 Å². The molecule has 0 spiro atoms. The summed E-state index contributed by atoms with van der Waals surface area (Å²) in [6.07, 6.45) is 11.3. The number of hydrogen-bond donors (Lipinski definition) is 0. The van der Waals surface area contributed by atoms with Crippen molar-refractivity contribution in [2.45, 2.75) is 50.9 Å². The maximum absolute atomic E-state index is 9.09. The Morgan fingerprint density at radius 3 is 2.76 bits per heavy atom. The summed E-state index contributed by atoms with van der Waals surface area (Å²) in [6, 6.07) is 5.91. The highest BCUT2D eigenvalue weighted by molar-refractivity contribution is 5.43. The molecule has 4 heteroatoms. The fraction of sp³-hybridized carbons (Fsp3) is 0.588. The smallest absolute Gasteiger partial charge is 0.160 e. The van der Waals surface area contributed by atoms with E-state index in [2.05, 4.69) is 16.3 Å². The lowest BCUT2D eigenvalue weighted by molar-refractivity contribution is 0.152. The average Bonchev–Trinajstić information content (AvgIpc) is 2.97. The van der Waals surface area contributed by atoms with Crippen molar-refractivity contribution in [1.29, 1.82) is 5.26 Å². The van der Waals surface area contributed by atoms with Gasteiger partial charge in [-0.15, -0.1) is 10.2 Å². The van der Waals surface area contributed by atoms with E-state index in [1.54, 1.807) is 0 Å². The molecule has 0 N–H and O–H groups in total. The molecule has 4 nitrogen and oxygen atoms in total. The monoisotopic (exact) mass is 280 g/mol. The first kappa shape index (κ1) is 12.8. The van der Waals surface area contributed by atoms with Gasteiger partial charge in [0, 0.05) is 12.1 Å². The molecule has 21 heavy (non-hydrogen) atoms. The van der Waals surface area contributed by atoms with Gasteiger partial charge in [-0.3, -0.25) is 4.40 Å². The lowest BCUT2D eigenvalue weighted by Crippen LogP contribution is -2.27. The molecule has 2 aromatic heterocycles. The normalized spacial score (nSPS) is 29.0. The third kappa shape index (κ3) is 2.21. The Morgan fingerprint density at radius 1 is 1.05 bits per heavy atom. The minimum absolute atomic E-state index is 0.508. The molecule has 0 bridgehead atoms. The van der Waals surface area contributed by atoms with Crippen LogP contribution in [0.3, 0.4) is 0 Å². The summed E-state index contributed by atoms with van der Waals surface area (Å²) in [5, 5.41) is 17.8. The standard InChI is InChI=1S/C17H20N4/c18-10-12-5-8-16-19-20-17(21(16)11-12)15-7-6-13-3-1-2-4-14(13)9-15/h5,8,11,13-15H,1-4,6-7,9H2. The van der Waals surface area contributed by atoms with Crippen LogP contribution in [0.5, 0.6) is 0 Å². The van der Waals surface area contributed by atoms with Crippen molar-refractivity contribution in [3.63, 3.8) is 0 Å². The highest BCUT2D eigenvalue weighted by atomic mass is 15.2. The predicted octanol–water partition coefficient (Wildman–Crippen LogP) is 3.67. The Balaban J connectivity index is 1.65. The van der Waals surface area contributed by atoms with E-state index in [-0.39, 0.29) is 0 Å². The molecule has 0 saturated heterocycles. The van der Waals surface area contributed by atoms with Crippen LogP contribution in [-0.2, 0) is 0 Å². The topological polar surface area (TPSA) is 54.0 Å². The van der Waals surface area contributed by atoms with Crippen LogP contribution in [0, 0.1) is 23.2 Å². The quantitative estimate of drug-likeness (QED) is 0.800. The minimum Gasteiger partial charge on any atom is -0.285 e. The zero-order valence-electron chi connectivity index (χ0n) is 12.2. The van der Waals surface area contributed by atoms with Gasteiger partial charge in [-0.25, -0.2) is 0 Å². The second-order valence-corrected chi connectivity index (χ2v) is 6.63. The van der Waals surface area contributed by atoms with E-state index in [4.69, 9.17) is 5.26 Å². The summed E-state index contributed by atoms with van der Waals surface area (Å²) >= 11 is 0. The van der Waals surface area contributed by atoms with E-state index in [0.29, 0.717) is 11.5 Å². The largest absolute Gasteiger partial charge is 0.285 e. The van der Waals surface area contributed by atoms with Gasteiger partial charge in [0.05, 0.1) is 5.56 Å². The predicted molar refractivity (Wildman–Crippen MR) is 79.7 cm³/mol. The van der Waals surface area contributed by atoms with Crippen LogP contribution in [0.1, 0.15) is 62.3 Å². The Labute approximate surface area is 124 Å². The number of rotatable bonds is 1. The van der Waals surface area contributed by atoms with Crippen molar-refractivity contribution in [2.75, 3.05) is 0 Å². The van der Waals surface area contributed by atoms with E-state index >= 15 is 0 Å². The van der Waals surface area contributed by atoms with Gasteiger partial charge in [-0.1, -0.05) is 25.7 Å². The Hall–Kier alpha value is -1.89. The summed E-state index contributed by atoms with van der Waals surface area (Å²) < 4.78 is 2.03. The SMILES string of the molecule is N#Cc1ccc2nnc(C3CCC4CCCCC4C3)n2c1. The molecule has 3 atom stereocenters. The number of aromatic nitrogens is 3. The fourth-order valence-corrected chi connectivity index (χ4v) is 4.36. The van der Waals surface area contributed by atoms with Crippen molar-refractivity contribution in [3.05, 3.63) is 29.7 Å². The van der Waals surface area contributed by atoms with E-state index in [1.807, 2.05) is 22.7 Å². The van der Waals surface area contributed by atoms with Crippen LogP contribution in [0.4, 0.5) is 0 Å². The third-order valence-electron chi connectivity index (χ3n) is 5.46. The zero-order valence-corrected chi connectivity index (χ0v) is 12.2. The fourth-order valence-electron chi connectivity index (χ4n) is 4.36. The van der Waals surface area contributed by atoms with Gasteiger partial charge < -0.3 is 0 Å². The summed E-state index contributed by atoms with van der Waals surface area (Å²) in [6.45, 7) is 0. The van der Waals surface area contributed by atoms with Crippen molar-refractivity contribution >= 4 is 5.65 Å². The van der Waals surface area contributed by atoms with E-state index in [1.165, 1.54) is 44.9 Å². The van der Waals surface area contributed by atoms with Crippen LogP contribution in [0.2, 0.25) is 0 Å². The third-order valence-corrected chi connectivity index (χ3v) is 5.46. The summed E-state index contributed by atoms with van der Waals surface area (Å²) in [5.74, 6) is 3.40. The van der Waals surface area contributed by atoms with Gasteiger partial charge in [0.2, 0.25) is 0 Å². The van der Waals surface area contributed by atoms with Crippen molar-refractivity contribution < 1.29 is 0 Å². The summed E-state index contributed by atoms with van der Waals surface area (Å²) in [7, 11) is 0. The molecule has 0 aliphatic heterocycles. The number of pyridine rings is 1. The van der Waals surface area contributed by atoms with Crippen LogP contribution in [0.15, 0.2) is 18.3 Å². The minimum atomic E-state index is 0.508. The van der Waals surface area contributed by atoms with Gasteiger partial charge in [-0.05, 0) is 43.2 Å². The molecule has 2 aliphatic carbocycles. The highest BCUT2D eigenvalue weighted by Crippen LogP contribution is 2.45. The second-order valence-electron chi connectivity index (χ2n) is 6.63. The molecule has 4 rings (SSSR count). The van der Waals surface area contributed by atoms with Gasteiger partial charge in [0.25, 0.3) is 0 Å². The number of nitrogens with zero attached hydrogens (tertiary/aromatic N) is 4. The lowest BCUT2D eigenvalue weighted by atomic mass is 9.67. The molecule has 2 saturated carbocycles. The molecule has 3 unspecified atom stereocenters. The number of fused-ring (bicyclic) bond motifs is 2. The first-order valence-corrected chi connectivity index (χ1v) is 8.10. The van der Waals surface area contributed by atoms with Gasteiger partial charge in [-0.2, -0.15) is 5.26 Å². The van der Waals surface area contributed by atoms with Gasteiger partial charge in [0.15, 0.2) is 5.65 Å². The van der Waals surface area contributed by atoms with Crippen LogP contribution in [-0.4, -0.2) is 14.6 Å². The molecular formula is C17H20N4. The molecule has 2 fully saturated rings. The maximum atomic E-state index is 9.09. The molecule has 2 aliphatic rings. The van der Waals surface area contributed by atoms with Crippen LogP contribution in [0.25, 0.3) is 5.65 Å². The summed E-state index contributed by atoms with van der Waals surface area (Å²) in [4.78, 5) is 0. The van der Waals surface area contributed by atoms with Crippen LogP contribution < -0.4 is 0 Å². The van der Waals surface area contributed by atoms with Gasteiger partial charge in [0.1, 0.15) is 11.9 Å². The lowest BCUT2D eigenvalue weighted by Gasteiger charge is -2.38. The Kier molecular flexibility index (Phi) is 3.14. The van der Waals surface area contributed by atoms with E-state index in [0.717, 1.165) is 23.3 Å². The molecule has 108 valence electrons. The molecule has 2 heterocycles. The van der Waals surface area contributed by atoms with Gasteiger partial charge >= 0.3 is 0 Å². The molecular weight excluding hydrogens is 260 g/mol. The molecule has 2 aromatic rings. The maximum Gasteiger partial charge on any atom is 0.160 e. The molecule has 0 radical (unpaired) electrons. The average molecular weight is 280 g/mol. The number of hydrogen-bond acceptors (Lipinski definition) is 3. The Morgan fingerprint density at radius 2 is 1.90 bits per heavy atom. The Bertz CT molecular complexity index is 696. The van der Waals surface area contributed by atoms with Crippen molar-refractivity contribution in [1.82, 2.24) is 14.6 Å². The van der Waals surface area contributed by atoms with Crippen molar-refractivity contribution in [2.24, 2.45) is 11.8 Å². The summed E-state index contributed by atoms with van der Waals surface area (Å²) in [5.41, 5.74) is 1.53. The highest BCUT2D eigenvalue weighted by Gasteiger charge is 2.34. The van der Waals surface area contributed by atoms with Crippen molar-refractivity contribution in [3.8, 4) is 6.07 Å². The first-order chi connectivity index (χ1) is 10.3. The molecule has 0 amide bonds. The first-order valence-electron chi connectivity index (χ1n) is 8.10. The molecule has 0 aromatic carbocycles. The second kappa shape index (κ2) is 5.14.